The second-order valence-corrected chi connectivity index (χ2v) is 12.6. The monoisotopic (exact) mass is 477 g/mol. The standard InChI is InChI=1S/C23H35N5O2S2/c1-16-6-8-26(9-7-16)19-14-18-20(31-21(24-18)23(2,3)4)15-17(19)25-22(29)32-27-10-12-28(5,30)13-11-27/h14-16H,6-13H2,1-5H3,(H,25,29). The molecule has 32 heavy (non-hydrogen) atoms. The molecule has 0 atom stereocenters. The Hall–Kier alpha value is -1.39. The summed E-state index contributed by atoms with van der Waals surface area (Å²) in [4.78, 5) is 20.2. The molecule has 0 aliphatic carbocycles. The summed E-state index contributed by atoms with van der Waals surface area (Å²) in [5.41, 5.74) is 2.91. The summed E-state index contributed by atoms with van der Waals surface area (Å²) in [6.45, 7) is 13.1. The highest BCUT2D eigenvalue weighted by Crippen LogP contribution is 2.39. The average molecular weight is 478 g/mol. The first kappa shape index (κ1) is 23.8. The van der Waals surface area contributed by atoms with E-state index in [-0.39, 0.29) is 15.3 Å². The zero-order valence-corrected chi connectivity index (χ0v) is 21.4. The molecule has 1 aromatic heterocycles. The van der Waals surface area contributed by atoms with Crippen molar-refractivity contribution in [3.8, 4) is 0 Å². The number of aromatic nitrogens is 1. The smallest absolute Gasteiger partial charge is 0.298 e. The predicted octanol–water partition coefficient (Wildman–Crippen LogP) is 5.27. The Morgan fingerprint density at radius 2 is 1.88 bits per heavy atom. The van der Waals surface area contributed by atoms with Crippen molar-refractivity contribution in [2.75, 3.05) is 56.5 Å². The predicted molar refractivity (Wildman–Crippen MR) is 136 cm³/mol. The number of anilines is 2. The first-order chi connectivity index (χ1) is 15.0. The first-order valence-corrected chi connectivity index (χ1v) is 13.1. The van der Waals surface area contributed by atoms with Crippen LogP contribution in [0.4, 0.5) is 16.2 Å². The number of hydrogen-bond donors (Lipinski definition) is 1. The van der Waals surface area contributed by atoms with E-state index in [0.29, 0.717) is 26.2 Å². The molecule has 1 aromatic carbocycles. The third kappa shape index (κ3) is 5.56. The number of thiazole rings is 1. The van der Waals surface area contributed by atoms with Gasteiger partial charge in [0.25, 0.3) is 5.24 Å². The highest BCUT2D eigenvalue weighted by Gasteiger charge is 2.26. The molecule has 3 heterocycles. The zero-order chi connectivity index (χ0) is 23.1. The van der Waals surface area contributed by atoms with Crippen LogP contribution < -0.4 is 10.2 Å². The fourth-order valence-corrected chi connectivity index (χ4v) is 5.89. The quantitative estimate of drug-likeness (QED) is 0.369. The molecule has 2 fully saturated rings. The van der Waals surface area contributed by atoms with Crippen LogP contribution in [0.25, 0.3) is 10.2 Å². The van der Waals surface area contributed by atoms with Crippen molar-refractivity contribution < 1.29 is 9.44 Å². The van der Waals surface area contributed by atoms with Gasteiger partial charge in [-0.3, -0.25) is 4.79 Å². The Bertz CT molecular complexity index is 967. The molecule has 176 valence electrons. The molecular weight excluding hydrogens is 442 g/mol. The number of carbonyl (C=O) groups excluding carboxylic acids is 1. The van der Waals surface area contributed by atoms with E-state index in [9.17, 15) is 10.0 Å². The van der Waals surface area contributed by atoms with Gasteiger partial charge in [0, 0.05) is 30.5 Å². The van der Waals surface area contributed by atoms with E-state index in [1.807, 2.05) is 4.31 Å². The minimum atomic E-state index is -0.228. The van der Waals surface area contributed by atoms with Crippen molar-refractivity contribution in [1.82, 2.24) is 9.29 Å². The number of piperidine rings is 1. The van der Waals surface area contributed by atoms with E-state index in [1.165, 1.54) is 11.9 Å². The lowest BCUT2D eigenvalue weighted by Crippen LogP contribution is -2.52. The molecule has 0 saturated carbocycles. The SMILES string of the molecule is CC1CCN(c2cc3nc(C(C)(C)C)sc3cc2NC(=O)SN2CC[N+](C)([O-])CC2)CC1. The number of benzene rings is 1. The molecule has 9 heteroatoms. The molecule has 2 saturated heterocycles. The van der Waals surface area contributed by atoms with Crippen LogP contribution in [-0.4, -0.2) is 65.5 Å². The van der Waals surface area contributed by atoms with E-state index in [4.69, 9.17) is 4.98 Å². The Labute approximate surface area is 199 Å². The van der Waals surface area contributed by atoms with Gasteiger partial charge < -0.3 is 20.1 Å². The lowest BCUT2D eigenvalue weighted by molar-refractivity contribution is -0.864. The Balaban J connectivity index is 1.57. The molecule has 1 N–H and O–H groups in total. The van der Waals surface area contributed by atoms with Crippen LogP contribution in [0.15, 0.2) is 12.1 Å². The van der Waals surface area contributed by atoms with Crippen molar-refractivity contribution in [3.05, 3.63) is 22.3 Å². The van der Waals surface area contributed by atoms with Gasteiger partial charge in [0.05, 0.1) is 59.8 Å². The Morgan fingerprint density at radius 1 is 1.22 bits per heavy atom. The number of rotatable bonds is 3. The molecule has 2 aromatic rings. The van der Waals surface area contributed by atoms with Gasteiger partial charge >= 0.3 is 0 Å². The Kier molecular flexibility index (Phi) is 6.76. The molecule has 1 amide bonds. The fourth-order valence-electron chi connectivity index (χ4n) is 4.11. The summed E-state index contributed by atoms with van der Waals surface area (Å²) in [6, 6.07) is 4.24. The number of carbonyl (C=O) groups is 1. The van der Waals surface area contributed by atoms with Crippen molar-refractivity contribution in [1.29, 1.82) is 0 Å². The second kappa shape index (κ2) is 9.10. The topological polar surface area (TPSA) is 71.5 Å². The summed E-state index contributed by atoms with van der Waals surface area (Å²) in [5.74, 6) is 0.736. The van der Waals surface area contributed by atoms with Gasteiger partial charge in [0.15, 0.2) is 0 Å². The minimum Gasteiger partial charge on any atom is -0.633 e. The van der Waals surface area contributed by atoms with Gasteiger partial charge in [-0.25, -0.2) is 9.29 Å². The molecular formula is C23H35N5O2S2. The summed E-state index contributed by atoms with van der Waals surface area (Å²) >= 11 is 2.89. The van der Waals surface area contributed by atoms with Crippen LogP contribution in [0.3, 0.4) is 0 Å². The second-order valence-electron chi connectivity index (χ2n) is 10.5. The summed E-state index contributed by atoms with van der Waals surface area (Å²) in [6.07, 6.45) is 2.31. The van der Waals surface area contributed by atoms with E-state index in [1.54, 1.807) is 18.4 Å². The molecule has 2 aliphatic rings. The largest absolute Gasteiger partial charge is 0.633 e. The number of nitrogens with one attached hydrogen (secondary N) is 1. The summed E-state index contributed by atoms with van der Waals surface area (Å²) < 4.78 is 2.87. The van der Waals surface area contributed by atoms with Crippen LogP contribution >= 0.6 is 23.3 Å². The van der Waals surface area contributed by atoms with Crippen molar-refractivity contribution in [3.63, 3.8) is 0 Å². The number of likely N-dealkylation sites (N-methyl/N-ethyl adjacent to an activating group) is 1. The number of piperazine rings is 1. The van der Waals surface area contributed by atoms with Crippen LogP contribution in [0.1, 0.15) is 45.5 Å². The summed E-state index contributed by atoms with van der Waals surface area (Å²) in [7, 11) is 1.70. The maximum Gasteiger partial charge on any atom is 0.298 e. The van der Waals surface area contributed by atoms with E-state index < -0.39 is 0 Å². The van der Waals surface area contributed by atoms with Crippen LogP contribution in [0.2, 0.25) is 0 Å². The van der Waals surface area contributed by atoms with Crippen molar-refractivity contribution >= 4 is 50.1 Å². The maximum absolute atomic E-state index is 12.9. The van der Waals surface area contributed by atoms with Gasteiger partial charge in [0.2, 0.25) is 0 Å². The van der Waals surface area contributed by atoms with E-state index in [0.717, 1.165) is 58.4 Å². The van der Waals surface area contributed by atoms with Crippen LogP contribution in [0.5, 0.6) is 0 Å². The first-order valence-electron chi connectivity index (χ1n) is 11.5. The van der Waals surface area contributed by atoms with Gasteiger partial charge in [-0.2, -0.15) is 0 Å². The number of nitrogens with zero attached hydrogens (tertiary/aromatic N) is 4. The van der Waals surface area contributed by atoms with Crippen molar-refractivity contribution in [2.45, 2.75) is 46.0 Å². The normalized spacial score (nSPS) is 20.6. The van der Waals surface area contributed by atoms with Gasteiger partial charge in [-0.1, -0.05) is 27.7 Å². The van der Waals surface area contributed by atoms with Crippen LogP contribution in [0, 0.1) is 11.1 Å². The molecule has 0 unspecified atom stereocenters. The summed E-state index contributed by atoms with van der Waals surface area (Å²) in [5, 5.41) is 16.2. The number of hydrogen-bond acceptors (Lipinski definition) is 7. The fraction of sp³-hybridized carbons (Fsp3) is 0.652. The molecule has 4 rings (SSSR count). The average Bonchev–Trinajstić information content (AvgIpc) is 3.13. The number of hydroxylamine groups is 3. The highest BCUT2D eigenvalue weighted by molar-refractivity contribution is 8.11. The van der Waals surface area contributed by atoms with Gasteiger partial charge in [0.1, 0.15) is 0 Å². The number of fused-ring (bicyclic) bond motifs is 1. The number of quaternary nitrogens is 1. The minimum absolute atomic E-state index is 0.00744. The molecule has 0 spiro atoms. The lowest BCUT2D eigenvalue weighted by atomic mass is 9.98. The van der Waals surface area contributed by atoms with E-state index >= 15 is 0 Å². The molecule has 7 nitrogen and oxygen atoms in total. The van der Waals surface area contributed by atoms with Crippen molar-refractivity contribution in [2.24, 2.45) is 5.92 Å². The third-order valence-corrected chi connectivity index (χ3v) is 8.70. The highest BCUT2D eigenvalue weighted by atomic mass is 32.2. The third-order valence-electron chi connectivity index (χ3n) is 6.37. The van der Waals surface area contributed by atoms with E-state index in [2.05, 4.69) is 50.0 Å². The van der Waals surface area contributed by atoms with Gasteiger partial charge in [-0.05, 0) is 30.9 Å². The van der Waals surface area contributed by atoms with Gasteiger partial charge in [-0.15, -0.1) is 11.3 Å². The maximum atomic E-state index is 12.9. The molecule has 2 aliphatic heterocycles. The molecule has 0 bridgehead atoms. The number of amides is 1. The lowest BCUT2D eigenvalue weighted by Gasteiger charge is -2.44. The van der Waals surface area contributed by atoms with Crippen LogP contribution in [-0.2, 0) is 5.41 Å². The Morgan fingerprint density at radius 3 is 2.50 bits per heavy atom. The molecule has 0 radical (unpaired) electrons. The zero-order valence-electron chi connectivity index (χ0n) is 19.8.